The number of hydrogen-bond donors (Lipinski definition) is 1. The molecule has 2 aromatic carbocycles. The van der Waals surface area contributed by atoms with Crippen LogP contribution in [0.25, 0.3) is 11.1 Å². The zero-order valence-electron chi connectivity index (χ0n) is 18.5. The van der Waals surface area contributed by atoms with Gasteiger partial charge in [-0.3, -0.25) is 4.79 Å². The molecule has 0 aliphatic carbocycles. The Labute approximate surface area is 181 Å². The van der Waals surface area contributed by atoms with E-state index in [1.54, 1.807) is 0 Å². The van der Waals surface area contributed by atoms with E-state index in [1.165, 1.54) is 19.3 Å². The molecule has 0 saturated carbocycles. The molecule has 0 heterocycles. The van der Waals surface area contributed by atoms with Gasteiger partial charge in [0.1, 0.15) is 6.04 Å². The zero-order valence-corrected chi connectivity index (χ0v) is 18.5. The Kier molecular flexibility index (Phi) is 10.1. The van der Waals surface area contributed by atoms with Crippen LogP contribution in [0.1, 0.15) is 64.0 Å². The summed E-state index contributed by atoms with van der Waals surface area (Å²) < 4.78 is 5.50. The molecule has 0 unspecified atom stereocenters. The van der Waals surface area contributed by atoms with Gasteiger partial charge in [-0.2, -0.15) is 5.26 Å². The standard InChI is InChI=1S/C26H34N2O2/c1-4-5-6-7-10-17-30-26(29)25(20(2)3)28-19-21-13-15-22(16-14-21)24-12-9-8-11-23(24)18-27/h8-9,11-16,20,25,28H,4-7,10,17,19H2,1-3H3/t25-/m0/s1. The quantitative estimate of drug-likeness (QED) is 0.354. The number of ether oxygens (including phenoxy) is 1. The first-order valence-electron chi connectivity index (χ1n) is 11.0. The van der Waals surface area contributed by atoms with E-state index in [0.29, 0.717) is 18.7 Å². The molecule has 0 aliphatic rings. The molecule has 4 heteroatoms. The molecule has 2 aromatic rings. The van der Waals surface area contributed by atoms with Crippen LogP contribution in [0.2, 0.25) is 0 Å². The first-order valence-corrected chi connectivity index (χ1v) is 11.0. The van der Waals surface area contributed by atoms with Crippen molar-refractivity contribution in [3.05, 3.63) is 59.7 Å². The van der Waals surface area contributed by atoms with Crippen molar-refractivity contribution in [1.82, 2.24) is 5.32 Å². The van der Waals surface area contributed by atoms with Crippen molar-refractivity contribution in [2.75, 3.05) is 6.61 Å². The first-order chi connectivity index (χ1) is 14.6. The second-order valence-electron chi connectivity index (χ2n) is 8.04. The molecular weight excluding hydrogens is 372 g/mol. The van der Waals surface area contributed by atoms with E-state index in [2.05, 4.69) is 18.3 Å². The highest BCUT2D eigenvalue weighted by atomic mass is 16.5. The van der Waals surface area contributed by atoms with Crippen molar-refractivity contribution in [2.45, 2.75) is 65.5 Å². The van der Waals surface area contributed by atoms with Crippen molar-refractivity contribution in [2.24, 2.45) is 5.92 Å². The van der Waals surface area contributed by atoms with E-state index in [-0.39, 0.29) is 17.9 Å². The average Bonchev–Trinajstić information content (AvgIpc) is 2.76. The van der Waals surface area contributed by atoms with Gasteiger partial charge in [0.2, 0.25) is 0 Å². The minimum atomic E-state index is -0.320. The monoisotopic (exact) mass is 406 g/mol. The van der Waals surface area contributed by atoms with Crippen LogP contribution in [0.4, 0.5) is 0 Å². The molecule has 160 valence electrons. The Morgan fingerprint density at radius 1 is 1.03 bits per heavy atom. The van der Waals surface area contributed by atoms with Gasteiger partial charge in [0.15, 0.2) is 0 Å². The minimum Gasteiger partial charge on any atom is -0.465 e. The fourth-order valence-corrected chi connectivity index (χ4v) is 3.42. The van der Waals surface area contributed by atoms with Gasteiger partial charge < -0.3 is 10.1 Å². The van der Waals surface area contributed by atoms with Crippen LogP contribution in [0.3, 0.4) is 0 Å². The summed E-state index contributed by atoms with van der Waals surface area (Å²) >= 11 is 0. The van der Waals surface area contributed by atoms with Crippen LogP contribution in [-0.4, -0.2) is 18.6 Å². The van der Waals surface area contributed by atoms with Crippen LogP contribution in [0.15, 0.2) is 48.5 Å². The summed E-state index contributed by atoms with van der Waals surface area (Å²) in [5, 5.41) is 12.6. The van der Waals surface area contributed by atoms with Gasteiger partial charge in [0.25, 0.3) is 0 Å². The summed E-state index contributed by atoms with van der Waals surface area (Å²) in [6.45, 7) is 7.34. The van der Waals surface area contributed by atoms with Crippen LogP contribution < -0.4 is 5.32 Å². The topological polar surface area (TPSA) is 62.1 Å². The van der Waals surface area contributed by atoms with Crippen LogP contribution in [0, 0.1) is 17.2 Å². The highest BCUT2D eigenvalue weighted by molar-refractivity contribution is 5.76. The van der Waals surface area contributed by atoms with E-state index < -0.39 is 0 Å². The van der Waals surface area contributed by atoms with Crippen LogP contribution in [-0.2, 0) is 16.1 Å². The van der Waals surface area contributed by atoms with Gasteiger partial charge in [-0.25, -0.2) is 0 Å². The van der Waals surface area contributed by atoms with Gasteiger partial charge in [0, 0.05) is 6.54 Å². The Bertz CT molecular complexity index is 822. The number of carbonyl (C=O) groups excluding carboxylic acids is 1. The molecule has 30 heavy (non-hydrogen) atoms. The van der Waals surface area contributed by atoms with E-state index in [4.69, 9.17) is 4.74 Å². The Morgan fingerprint density at radius 2 is 1.73 bits per heavy atom. The molecule has 0 fully saturated rings. The third-order valence-corrected chi connectivity index (χ3v) is 5.25. The fourth-order valence-electron chi connectivity index (χ4n) is 3.42. The minimum absolute atomic E-state index is 0.152. The number of nitriles is 1. The lowest BCUT2D eigenvalue weighted by Gasteiger charge is -2.21. The van der Waals surface area contributed by atoms with E-state index in [0.717, 1.165) is 29.5 Å². The SMILES string of the molecule is CCCCCCCOC(=O)[C@@H](NCc1ccc(-c2ccccc2C#N)cc1)C(C)C. The van der Waals surface area contributed by atoms with Crippen molar-refractivity contribution >= 4 is 5.97 Å². The van der Waals surface area contributed by atoms with E-state index in [1.807, 2.05) is 62.4 Å². The van der Waals surface area contributed by atoms with Crippen molar-refractivity contribution in [3.8, 4) is 17.2 Å². The summed E-state index contributed by atoms with van der Waals surface area (Å²) in [5.41, 5.74) is 3.70. The fraction of sp³-hybridized carbons (Fsp3) is 0.462. The second-order valence-corrected chi connectivity index (χ2v) is 8.04. The van der Waals surface area contributed by atoms with Gasteiger partial charge in [-0.15, -0.1) is 0 Å². The number of nitrogens with one attached hydrogen (secondary N) is 1. The predicted octanol–water partition coefficient (Wildman–Crippen LogP) is 5.85. The highest BCUT2D eigenvalue weighted by Crippen LogP contribution is 2.23. The molecule has 0 radical (unpaired) electrons. The summed E-state index contributed by atoms with van der Waals surface area (Å²) in [7, 11) is 0. The lowest BCUT2D eigenvalue weighted by Crippen LogP contribution is -2.41. The molecule has 2 rings (SSSR count). The van der Waals surface area contributed by atoms with Crippen LogP contribution in [0.5, 0.6) is 0 Å². The molecule has 0 bridgehead atoms. The molecule has 1 atom stereocenters. The number of rotatable bonds is 12. The molecular formula is C26H34N2O2. The lowest BCUT2D eigenvalue weighted by molar-refractivity contribution is -0.147. The maximum absolute atomic E-state index is 12.5. The van der Waals surface area contributed by atoms with Crippen molar-refractivity contribution in [1.29, 1.82) is 5.26 Å². The molecule has 4 nitrogen and oxygen atoms in total. The number of carbonyl (C=O) groups is 1. The first kappa shape index (κ1) is 23.6. The Hall–Kier alpha value is -2.64. The Morgan fingerprint density at radius 3 is 2.40 bits per heavy atom. The smallest absolute Gasteiger partial charge is 0.323 e. The van der Waals surface area contributed by atoms with Crippen molar-refractivity contribution < 1.29 is 9.53 Å². The number of benzene rings is 2. The molecule has 0 aromatic heterocycles. The number of esters is 1. The third kappa shape index (κ3) is 7.31. The summed E-state index contributed by atoms with van der Waals surface area (Å²) in [5.74, 6) is -0.0144. The maximum atomic E-state index is 12.5. The summed E-state index contributed by atoms with van der Waals surface area (Å²) in [6, 6.07) is 17.6. The third-order valence-electron chi connectivity index (χ3n) is 5.25. The van der Waals surface area contributed by atoms with Crippen LogP contribution >= 0.6 is 0 Å². The normalized spacial score (nSPS) is 11.8. The van der Waals surface area contributed by atoms with E-state index >= 15 is 0 Å². The zero-order chi connectivity index (χ0) is 21.8. The molecule has 0 saturated heterocycles. The average molecular weight is 407 g/mol. The number of unbranched alkanes of at least 4 members (excludes halogenated alkanes) is 4. The Balaban J connectivity index is 1.88. The molecule has 0 spiro atoms. The second kappa shape index (κ2) is 12.8. The van der Waals surface area contributed by atoms with Crippen molar-refractivity contribution in [3.63, 3.8) is 0 Å². The van der Waals surface area contributed by atoms with Gasteiger partial charge >= 0.3 is 5.97 Å². The molecule has 0 aliphatic heterocycles. The molecule has 0 amide bonds. The predicted molar refractivity (Wildman–Crippen MR) is 122 cm³/mol. The largest absolute Gasteiger partial charge is 0.465 e. The van der Waals surface area contributed by atoms with Gasteiger partial charge in [-0.05, 0) is 35.1 Å². The molecule has 1 N–H and O–H groups in total. The summed E-state index contributed by atoms with van der Waals surface area (Å²) in [4.78, 5) is 12.5. The van der Waals surface area contributed by atoms with Gasteiger partial charge in [0.05, 0.1) is 18.2 Å². The highest BCUT2D eigenvalue weighted by Gasteiger charge is 2.23. The number of hydrogen-bond acceptors (Lipinski definition) is 4. The number of nitrogens with zero attached hydrogens (tertiary/aromatic N) is 1. The lowest BCUT2D eigenvalue weighted by atomic mass is 9.99. The maximum Gasteiger partial charge on any atom is 0.323 e. The van der Waals surface area contributed by atoms with E-state index in [9.17, 15) is 10.1 Å². The summed E-state index contributed by atoms with van der Waals surface area (Å²) in [6.07, 6.45) is 5.70. The van der Waals surface area contributed by atoms with Gasteiger partial charge in [-0.1, -0.05) is 88.9 Å².